The Morgan fingerprint density at radius 1 is 1.52 bits per heavy atom. The summed E-state index contributed by atoms with van der Waals surface area (Å²) in [6.45, 7) is 7.65. The molecule has 23 heavy (non-hydrogen) atoms. The van der Waals surface area contributed by atoms with Crippen molar-refractivity contribution < 1.29 is 14.7 Å². The monoisotopic (exact) mass is 315 g/mol. The minimum atomic E-state index is -1.01. The average Bonchev–Trinajstić information content (AvgIpc) is 2.96. The van der Waals surface area contributed by atoms with E-state index in [-0.39, 0.29) is 12.5 Å². The third-order valence-corrected chi connectivity index (χ3v) is 4.80. The molecular formula is C17H21N3O3. The molecule has 6 heteroatoms. The van der Waals surface area contributed by atoms with Gasteiger partial charge in [0.1, 0.15) is 5.41 Å². The molecule has 0 radical (unpaired) electrons. The second-order valence-corrected chi connectivity index (χ2v) is 6.46. The number of carboxylic acids is 1. The molecule has 1 amide bonds. The van der Waals surface area contributed by atoms with Gasteiger partial charge >= 0.3 is 5.97 Å². The normalized spacial score (nSPS) is 27.3. The van der Waals surface area contributed by atoms with Crippen LogP contribution in [0.1, 0.15) is 11.4 Å². The van der Waals surface area contributed by atoms with Crippen molar-refractivity contribution in [3.63, 3.8) is 0 Å². The van der Waals surface area contributed by atoms with Crippen molar-refractivity contribution in [1.82, 2.24) is 14.8 Å². The number of amides is 1. The van der Waals surface area contributed by atoms with E-state index < -0.39 is 17.3 Å². The van der Waals surface area contributed by atoms with Crippen molar-refractivity contribution in [1.29, 1.82) is 0 Å². The predicted molar refractivity (Wildman–Crippen MR) is 84.6 cm³/mol. The van der Waals surface area contributed by atoms with Crippen LogP contribution < -0.4 is 0 Å². The van der Waals surface area contributed by atoms with Gasteiger partial charge in [0.2, 0.25) is 5.91 Å². The first-order valence-corrected chi connectivity index (χ1v) is 7.74. The van der Waals surface area contributed by atoms with Gasteiger partial charge in [0.05, 0.1) is 11.6 Å². The minimum Gasteiger partial charge on any atom is -0.481 e. The predicted octanol–water partition coefficient (Wildman–Crippen LogP) is 0.921. The molecule has 0 saturated carbocycles. The molecule has 0 unspecified atom stereocenters. The molecule has 3 rings (SSSR count). The van der Waals surface area contributed by atoms with E-state index in [1.54, 1.807) is 11.0 Å². The molecule has 1 N–H and O–H groups in total. The number of carbonyl (C=O) groups excluding carboxylic acids is 1. The standard InChI is InChI=1S/C17H21N3O3/c1-3-7-20-11-17(16(22)23)10-19(9-14(17)15(20)21)8-13-6-4-5-12(2)18-13/h3-6,14H,1,7-11H2,2H3,(H,22,23)/t14-,17-/m0/s1. The summed E-state index contributed by atoms with van der Waals surface area (Å²) < 4.78 is 0. The Morgan fingerprint density at radius 3 is 2.91 bits per heavy atom. The van der Waals surface area contributed by atoms with E-state index in [2.05, 4.69) is 11.6 Å². The van der Waals surface area contributed by atoms with Gasteiger partial charge in [-0.15, -0.1) is 6.58 Å². The number of aryl methyl sites for hydroxylation is 1. The van der Waals surface area contributed by atoms with Crippen molar-refractivity contribution in [2.45, 2.75) is 13.5 Å². The molecule has 6 nitrogen and oxygen atoms in total. The van der Waals surface area contributed by atoms with E-state index in [0.29, 0.717) is 26.2 Å². The van der Waals surface area contributed by atoms with E-state index in [1.807, 2.05) is 30.0 Å². The van der Waals surface area contributed by atoms with E-state index in [9.17, 15) is 14.7 Å². The van der Waals surface area contributed by atoms with Crippen molar-refractivity contribution in [3.05, 3.63) is 42.2 Å². The third-order valence-electron chi connectivity index (χ3n) is 4.80. The summed E-state index contributed by atoms with van der Waals surface area (Å²) in [5, 5.41) is 9.76. The van der Waals surface area contributed by atoms with Crippen molar-refractivity contribution >= 4 is 11.9 Å². The number of nitrogens with zero attached hydrogens (tertiary/aromatic N) is 3. The Labute approximate surface area is 135 Å². The van der Waals surface area contributed by atoms with Crippen LogP contribution in [-0.4, -0.2) is 57.9 Å². The van der Waals surface area contributed by atoms with Crippen LogP contribution in [0, 0.1) is 18.3 Å². The van der Waals surface area contributed by atoms with Crippen molar-refractivity contribution in [2.75, 3.05) is 26.2 Å². The van der Waals surface area contributed by atoms with E-state index in [4.69, 9.17) is 0 Å². The Kier molecular flexibility index (Phi) is 3.93. The largest absolute Gasteiger partial charge is 0.481 e. The highest BCUT2D eigenvalue weighted by atomic mass is 16.4. The topological polar surface area (TPSA) is 73.7 Å². The number of carboxylic acid groups (broad SMARTS) is 1. The Bertz CT molecular complexity index is 660. The van der Waals surface area contributed by atoms with Gasteiger partial charge in [-0.1, -0.05) is 12.1 Å². The lowest BCUT2D eigenvalue weighted by atomic mass is 9.81. The number of likely N-dealkylation sites (tertiary alicyclic amines) is 2. The zero-order valence-electron chi connectivity index (χ0n) is 13.2. The molecule has 122 valence electrons. The number of hydrogen-bond donors (Lipinski definition) is 1. The van der Waals surface area contributed by atoms with Gasteiger partial charge in [-0.2, -0.15) is 0 Å². The van der Waals surface area contributed by atoms with Gasteiger partial charge < -0.3 is 10.0 Å². The molecule has 0 spiro atoms. The second kappa shape index (κ2) is 5.77. The van der Waals surface area contributed by atoms with E-state index >= 15 is 0 Å². The Hall–Kier alpha value is -2.21. The highest BCUT2D eigenvalue weighted by molar-refractivity contribution is 5.92. The van der Waals surface area contributed by atoms with Gasteiger partial charge in [-0.25, -0.2) is 0 Å². The number of rotatable bonds is 5. The molecule has 2 saturated heterocycles. The summed E-state index contributed by atoms with van der Waals surface area (Å²) >= 11 is 0. The summed E-state index contributed by atoms with van der Waals surface area (Å²) in [5.74, 6) is -1.45. The zero-order chi connectivity index (χ0) is 16.6. The van der Waals surface area contributed by atoms with Gasteiger partial charge in [0, 0.05) is 38.4 Å². The molecule has 2 aliphatic heterocycles. The maximum Gasteiger partial charge on any atom is 0.313 e. The van der Waals surface area contributed by atoms with Crippen LogP contribution in [0.25, 0.3) is 0 Å². The van der Waals surface area contributed by atoms with Crippen LogP contribution in [0.3, 0.4) is 0 Å². The third kappa shape index (κ3) is 2.63. The fraction of sp³-hybridized carbons (Fsp3) is 0.471. The highest BCUT2D eigenvalue weighted by Gasteiger charge is 2.61. The first kappa shape index (κ1) is 15.7. The van der Waals surface area contributed by atoms with Gasteiger partial charge in [-0.3, -0.25) is 19.5 Å². The molecule has 2 aliphatic rings. The molecule has 0 aromatic carbocycles. The molecule has 3 heterocycles. The number of hydrogen-bond acceptors (Lipinski definition) is 4. The number of carbonyl (C=O) groups is 2. The van der Waals surface area contributed by atoms with E-state index in [0.717, 1.165) is 11.4 Å². The van der Waals surface area contributed by atoms with Crippen LogP contribution in [0.15, 0.2) is 30.9 Å². The average molecular weight is 315 g/mol. The first-order valence-electron chi connectivity index (χ1n) is 7.74. The summed E-state index contributed by atoms with van der Waals surface area (Å²) in [7, 11) is 0. The van der Waals surface area contributed by atoms with Crippen molar-refractivity contribution in [3.8, 4) is 0 Å². The van der Waals surface area contributed by atoms with Crippen LogP contribution in [0.5, 0.6) is 0 Å². The van der Waals surface area contributed by atoms with Crippen LogP contribution in [0.2, 0.25) is 0 Å². The Balaban J connectivity index is 1.79. The zero-order valence-corrected chi connectivity index (χ0v) is 13.2. The quantitative estimate of drug-likeness (QED) is 0.818. The number of fused-ring (bicyclic) bond motifs is 1. The number of pyridine rings is 1. The second-order valence-electron chi connectivity index (χ2n) is 6.46. The number of aliphatic carboxylic acids is 1. The molecule has 2 atom stereocenters. The molecule has 0 bridgehead atoms. The summed E-state index contributed by atoms with van der Waals surface area (Å²) in [6.07, 6.45) is 1.64. The summed E-state index contributed by atoms with van der Waals surface area (Å²) in [6, 6.07) is 5.80. The van der Waals surface area contributed by atoms with Gasteiger partial charge in [0.25, 0.3) is 0 Å². The minimum absolute atomic E-state index is 0.0769. The SMILES string of the molecule is C=CCN1C[C@@]2(C(=O)O)CN(Cc3cccc(C)n3)C[C@H]2C1=O. The first-order chi connectivity index (χ1) is 11.0. The van der Waals surface area contributed by atoms with Crippen molar-refractivity contribution in [2.24, 2.45) is 11.3 Å². The maximum absolute atomic E-state index is 12.5. The molecular weight excluding hydrogens is 294 g/mol. The van der Waals surface area contributed by atoms with Crippen LogP contribution in [0.4, 0.5) is 0 Å². The smallest absolute Gasteiger partial charge is 0.313 e. The molecule has 1 aromatic rings. The van der Waals surface area contributed by atoms with Crippen LogP contribution in [-0.2, 0) is 16.1 Å². The number of aromatic nitrogens is 1. The fourth-order valence-corrected chi connectivity index (χ4v) is 3.75. The Morgan fingerprint density at radius 2 is 2.30 bits per heavy atom. The lowest BCUT2D eigenvalue weighted by Crippen LogP contribution is -2.40. The molecule has 1 aromatic heterocycles. The van der Waals surface area contributed by atoms with Gasteiger partial charge in [0.15, 0.2) is 0 Å². The van der Waals surface area contributed by atoms with Gasteiger partial charge in [-0.05, 0) is 19.1 Å². The fourth-order valence-electron chi connectivity index (χ4n) is 3.75. The molecule has 2 fully saturated rings. The highest BCUT2D eigenvalue weighted by Crippen LogP contribution is 2.43. The molecule has 0 aliphatic carbocycles. The summed E-state index contributed by atoms with van der Waals surface area (Å²) in [5.41, 5.74) is 0.827. The lowest BCUT2D eigenvalue weighted by Gasteiger charge is -2.24. The summed E-state index contributed by atoms with van der Waals surface area (Å²) in [4.78, 5) is 32.5. The lowest BCUT2D eigenvalue weighted by molar-refractivity contribution is -0.149. The maximum atomic E-state index is 12.5. The van der Waals surface area contributed by atoms with E-state index in [1.165, 1.54) is 0 Å². The van der Waals surface area contributed by atoms with Crippen LogP contribution >= 0.6 is 0 Å².